The molecule has 1 aromatic carbocycles. The second kappa shape index (κ2) is 6.63. The van der Waals surface area contributed by atoms with Gasteiger partial charge in [-0.25, -0.2) is 4.79 Å². The molecule has 2 N–H and O–H groups in total. The van der Waals surface area contributed by atoms with Gasteiger partial charge in [-0.2, -0.15) is 0 Å². The van der Waals surface area contributed by atoms with Crippen molar-refractivity contribution >= 4 is 17.8 Å². The maximum Gasteiger partial charge on any atom is 0.325 e. The molecule has 1 atom stereocenters. The number of imide groups is 1. The highest BCUT2D eigenvalue weighted by atomic mass is 16.2. The lowest BCUT2D eigenvalue weighted by Gasteiger charge is -2.24. The van der Waals surface area contributed by atoms with Crippen molar-refractivity contribution in [2.45, 2.75) is 50.6 Å². The Bertz CT molecular complexity index is 640. The Morgan fingerprint density at radius 1 is 1.21 bits per heavy atom. The molecule has 0 unspecified atom stereocenters. The normalized spacial score (nSPS) is 24.8. The minimum atomic E-state index is -1.12. The summed E-state index contributed by atoms with van der Waals surface area (Å²) >= 11 is 0. The molecule has 1 aliphatic heterocycles. The smallest absolute Gasteiger partial charge is 0.325 e. The molecule has 1 saturated heterocycles. The van der Waals surface area contributed by atoms with Crippen LogP contribution in [-0.2, 0) is 15.1 Å². The molecule has 0 bridgehead atoms. The Hall–Kier alpha value is -2.37. The molecule has 1 saturated carbocycles. The SMILES string of the molecule is C[C@@]1(c2ccccc2)NC(=O)N(CC(=O)NC2CCCCC2)C1=O. The van der Waals surface area contributed by atoms with Crippen LogP contribution in [0.5, 0.6) is 0 Å². The Morgan fingerprint density at radius 3 is 2.54 bits per heavy atom. The van der Waals surface area contributed by atoms with E-state index in [9.17, 15) is 14.4 Å². The highest BCUT2D eigenvalue weighted by Gasteiger charge is 2.49. The molecule has 1 heterocycles. The Labute approximate surface area is 141 Å². The third kappa shape index (κ3) is 3.13. The van der Waals surface area contributed by atoms with Crippen molar-refractivity contribution in [3.05, 3.63) is 35.9 Å². The standard InChI is InChI=1S/C18H23N3O3/c1-18(13-8-4-2-5-9-13)16(23)21(17(24)20-18)12-15(22)19-14-10-6-3-7-11-14/h2,4-5,8-9,14H,3,6-7,10-12H2,1H3,(H,19,22)(H,20,24)/t18-/m0/s1. The minimum Gasteiger partial charge on any atom is -0.352 e. The number of hydrogen-bond donors (Lipinski definition) is 2. The molecule has 128 valence electrons. The van der Waals surface area contributed by atoms with E-state index in [4.69, 9.17) is 0 Å². The number of benzene rings is 1. The molecule has 0 radical (unpaired) electrons. The van der Waals surface area contributed by atoms with Crippen LogP contribution in [0.25, 0.3) is 0 Å². The van der Waals surface area contributed by atoms with E-state index in [0.717, 1.165) is 30.6 Å². The topological polar surface area (TPSA) is 78.5 Å². The summed E-state index contributed by atoms with van der Waals surface area (Å²) in [6, 6.07) is 8.71. The number of amides is 4. The number of carbonyl (C=O) groups excluding carboxylic acids is 3. The van der Waals surface area contributed by atoms with E-state index < -0.39 is 17.5 Å². The molecule has 24 heavy (non-hydrogen) atoms. The largest absolute Gasteiger partial charge is 0.352 e. The maximum atomic E-state index is 12.7. The van der Waals surface area contributed by atoms with Crippen LogP contribution in [0.2, 0.25) is 0 Å². The lowest BCUT2D eigenvalue weighted by Crippen LogP contribution is -2.45. The molecule has 1 aromatic rings. The van der Waals surface area contributed by atoms with Crippen LogP contribution in [0.1, 0.15) is 44.6 Å². The number of urea groups is 1. The molecule has 6 heteroatoms. The number of nitrogens with zero attached hydrogens (tertiary/aromatic N) is 1. The van der Waals surface area contributed by atoms with Crippen molar-refractivity contribution in [2.75, 3.05) is 6.54 Å². The monoisotopic (exact) mass is 329 g/mol. The number of nitrogens with one attached hydrogen (secondary N) is 2. The first-order valence-corrected chi connectivity index (χ1v) is 8.50. The zero-order valence-corrected chi connectivity index (χ0v) is 13.9. The summed E-state index contributed by atoms with van der Waals surface area (Å²) in [5.41, 5.74) is -0.415. The van der Waals surface area contributed by atoms with Crippen LogP contribution in [0.15, 0.2) is 30.3 Å². The van der Waals surface area contributed by atoms with Gasteiger partial charge in [0.1, 0.15) is 12.1 Å². The Balaban J connectivity index is 1.67. The van der Waals surface area contributed by atoms with Crippen LogP contribution >= 0.6 is 0 Å². The Kier molecular flexibility index (Phi) is 4.55. The predicted molar refractivity (Wildman–Crippen MR) is 89.1 cm³/mol. The van der Waals surface area contributed by atoms with Crippen molar-refractivity contribution in [3.63, 3.8) is 0 Å². The molecule has 3 rings (SSSR count). The maximum absolute atomic E-state index is 12.7. The molecule has 2 aliphatic rings. The molecule has 0 aromatic heterocycles. The highest BCUT2D eigenvalue weighted by Crippen LogP contribution is 2.28. The van der Waals surface area contributed by atoms with E-state index in [1.165, 1.54) is 6.42 Å². The average Bonchev–Trinajstić information content (AvgIpc) is 2.81. The first kappa shape index (κ1) is 16.5. The second-order valence-electron chi connectivity index (χ2n) is 6.71. The number of carbonyl (C=O) groups is 3. The van der Waals surface area contributed by atoms with Gasteiger partial charge in [0.25, 0.3) is 5.91 Å². The van der Waals surface area contributed by atoms with Crippen molar-refractivity contribution in [3.8, 4) is 0 Å². The number of rotatable bonds is 4. The van der Waals surface area contributed by atoms with Crippen LogP contribution in [0.3, 0.4) is 0 Å². The van der Waals surface area contributed by atoms with E-state index in [2.05, 4.69) is 10.6 Å². The summed E-state index contributed by atoms with van der Waals surface area (Å²) in [5, 5.41) is 5.65. The van der Waals surface area contributed by atoms with Crippen molar-refractivity contribution in [1.82, 2.24) is 15.5 Å². The zero-order valence-electron chi connectivity index (χ0n) is 13.9. The van der Waals surface area contributed by atoms with Crippen molar-refractivity contribution in [1.29, 1.82) is 0 Å². The second-order valence-corrected chi connectivity index (χ2v) is 6.71. The van der Waals surface area contributed by atoms with Crippen LogP contribution in [0.4, 0.5) is 4.79 Å². The molecule has 2 fully saturated rings. The molecule has 6 nitrogen and oxygen atoms in total. The summed E-state index contributed by atoms with van der Waals surface area (Å²) in [7, 11) is 0. The summed E-state index contributed by atoms with van der Waals surface area (Å²) in [4.78, 5) is 38.2. The zero-order chi connectivity index (χ0) is 17.2. The Morgan fingerprint density at radius 2 is 1.88 bits per heavy atom. The molecule has 1 aliphatic carbocycles. The van der Waals surface area contributed by atoms with Gasteiger partial charge in [0.15, 0.2) is 0 Å². The van der Waals surface area contributed by atoms with Gasteiger partial charge < -0.3 is 10.6 Å². The van der Waals surface area contributed by atoms with Gasteiger partial charge >= 0.3 is 6.03 Å². The summed E-state index contributed by atoms with van der Waals surface area (Å²) in [6.07, 6.45) is 5.36. The van der Waals surface area contributed by atoms with Gasteiger partial charge in [0.2, 0.25) is 5.91 Å². The van der Waals surface area contributed by atoms with E-state index in [0.29, 0.717) is 5.56 Å². The molecular formula is C18H23N3O3. The average molecular weight is 329 g/mol. The van der Waals surface area contributed by atoms with Crippen LogP contribution in [0, 0.1) is 0 Å². The quantitative estimate of drug-likeness (QED) is 0.828. The van der Waals surface area contributed by atoms with Gasteiger partial charge in [0, 0.05) is 6.04 Å². The van der Waals surface area contributed by atoms with Gasteiger partial charge in [-0.05, 0) is 25.3 Å². The fourth-order valence-corrected chi connectivity index (χ4v) is 3.47. The van der Waals surface area contributed by atoms with Crippen molar-refractivity contribution in [2.24, 2.45) is 0 Å². The van der Waals surface area contributed by atoms with Gasteiger partial charge in [-0.15, -0.1) is 0 Å². The van der Waals surface area contributed by atoms with Gasteiger partial charge in [0.05, 0.1) is 0 Å². The predicted octanol–water partition coefficient (Wildman–Crippen LogP) is 1.90. The summed E-state index contributed by atoms with van der Waals surface area (Å²) in [5.74, 6) is -0.666. The van der Waals surface area contributed by atoms with E-state index >= 15 is 0 Å². The first-order valence-electron chi connectivity index (χ1n) is 8.50. The highest BCUT2D eigenvalue weighted by molar-refractivity contribution is 6.09. The summed E-state index contributed by atoms with van der Waals surface area (Å²) < 4.78 is 0. The van der Waals surface area contributed by atoms with Crippen molar-refractivity contribution < 1.29 is 14.4 Å². The lowest BCUT2D eigenvalue weighted by molar-refractivity contribution is -0.135. The van der Waals surface area contributed by atoms with E-state index in [1.807, 2.05) is 18.2 Å². The third-order valence-corrected chi connectivity index (χ3v) is 4.90. The lowest BCUT2D eigenvalue weighted by atomic mass is 9.92. The van der Waals surface area contributed by atoms with E-state index in [-0.39, 0.29) is 18.5 Å². The van der Waals surface area contributed by atoms with E-state index in [1.54, 1.807) is 19.1 Å². The van der Waals surface area contributed by atoms with Crippen LogP contribution < -0.4 is 10.6 Å². The van der Waals surface area contributed by atoms with Gasteiger partial charge in [-0.1, -0.05) is 49.6 Å². The first-order chi connectivity index (χ1) is 11.5. The fraction of sp³-hybridized carbons (Fsp3) is 0.500. The molecular weight excluding hydrogens is 306 g/mol. The third-order valence-electron chi connectivity index (χ3n) is 4.90. The molecule has 4 amide bonds. The molecule has 0 spiro atoms. The fourth-order valence-electron chi connectivity index (χ4n) is 3.47. The van der Waals surface area contributed by atoms with Gasteiger partial charge in [-0.3, -0.25) is 14.5 Å². The number of hydrogen-bond acceptors (Lipinski definition) is 3. The van der Waals surface area contributed by atoms with Crippen LogP contribution in [-0.4, -0.2) is 35.3 Å². The minimum absolute atomic E-state index is 0.160. The summed E-state index contributed by atoms with van der Waals surface area (Å²) in [6.45, 7) is 1.44.